The summed E-state index contributed by atoms with van der Waals surface area (Å²) in [5.41, 5.74) is 2.07. The number of halogens is 1. The molecule has 39 heavy (non-hydrogen) atoms. The molecule has 208 valence electrons. The maximum absolute atomic E-state index is 13.0. The Morgan fingerprint density at radius 1 is 1.18 bits per heavy atom. The van der Waals surface area contributed by atoms with Gasteiger partial charge in [-0.1, -0.05) is 11.6 Å². The summed E-state index contributed by atoms with van der Waals surface area (Å²) >= 11 is 6.49. The van der Waals surface area contributed by atoms with Gasteiger partial charge in [-0.3, -0.25) is 9.82 Å². The van der Waals surface area contributed by atoms with E-state index in [0.29, 0.717) is 48.2 Å². The summed E-state index contributed by atoms with van der Waals surface area (Å²) in [6.45, 7) is 7.49. The Kier molecular flexibility index (Phi) is 8.85. The first-order chi connectivity index (χ1) is 18.6. The number of fused-ring (bicyclic) bond motifs is 1. The minimum absolute atomic E-state index is 0.0849. The van der Waals surface area contributed by atoms with Crippen molar-refractivity contribution in [2.24, 2.45) is 0 Å². The van der Waals surface area contributed by atoms with E-state index < -0.39 is 10.0 Å². The Labute approximate surface area is 231 Å². The standard InChI is InChI=1S/C25H31ClN8O4S/c1-15(2)38-18-7-8-27-21(14-18)39(36,37)33-20-6-5-17(13-19(20)26)23-29-24(28-9-10-34(4)11-12-35)22-16(3)31-32-25(22)30-23/h5-8,13-15,33,35H,9-12H2,1-4H3,(H2,28,29,30,31,32). The third kappa shape index (κ3) is 6.92. The lowest BCUT2D eigenvalue weighted by Gasteiger charge is -2.16. The zero-order chi connectivity index (χ0) is 28.2. The van der Waals surface area contributed by atoms with Crippen molar-refractivity contribution in [1.29, 1.82) is 0 Å². The summed E-state index contributed by atoms with van der Waals surface area (Å²) in [5, 5.41) is 20.4. The first kappa shape index (κ1) is 28.5. The fraction of sp³-hybridized carbons (Fsp3) is 0.360. The van der Waals surface area contributed by atoms with Gasteiger partial charge in [-0.25, -0.2) is 15.0 Å². The number of aromatic nitrogens is 5. The van der Waals surface area contributed by atoms with Crippen molar-refractivity contribution in [1.82, 2.24) is 30.0 Å². The van der Waals surface area contributed by atoms with Crippen molar-refractivity contribution in [3.05, 3.63) is 47.2 Å². The summed E-state index contributed by atoms with van der Waals surface area (Å²) in [6.07, 6.45) is 1.26. The second-order valence-corrected chi connectivity index (χ2v) is 11.2. The fourth-order valence-corrected chi connectivity index (χ4v) is 5.13. The maximum atomic E-state index is 13.0. The predicted molar refractivity (Wildman–Crippen MR) is 151 cm³/mol. The number of aliphatic hydroxyl groups excluding tert-OH is 1. The second kappa shape index (κ2) is 12.1. The van der Waals surface area contributed by atoms with Gasteiger partial charge in [-0.15, -0.1) is 0 Å². The molecule has 0 radical (unpaired) electrons. The molecule has 14 heteroatoms. The number of aromatic amines is 1. The van der Waals surface area contributed by atoms with Crippen molar-refractivity contribution in [3.63, 3.8) is 0 Å². The van der Waals surface area contributed by atoms with Crippen LogP contribution in [0.15, 0.2) is 41.6 Å². The highest BCUT2D eigenvalue weighted by Gasteiger charge is 2.20. The molecule has 0 saturated carbocycles. The molecule has 0 saturated heterocycles. The van der Waals surface area contributed by atoms with E-state index >= 15 is 0 Å². The lowest BCUT2D eigenvalue weighted by atomic mass is 10.2. The molecular formula is C25H31ClN8O4S. The van der Waals surface area contributed by atoms with Crippen LogP contribution in [0.4, 0.5) is 11.5 Å². The molecule has 0 spiro atoms. The van der Waals surface area contributed by atoms with Gasteiger partial charge in [-0.2, -0.15) is 13.5 Å². The highest BCUT2D eigenvalue weighted by atomic mass is 35.5. The van der Waals surface area contributed by atoms with Crippen LogP contribution in [0.5, 0.6) is 5.75 Å². The Morgan fingerprint density at radius 2 is 1.97 bits per heavy atom. The molecule has 0 amide bonds. The van der Waals surface area contributed by atoms with Crippen LogP contribution in [-0.2, 0) is 10.0 Å². The number of hydrogen-bond acceptors (Lipinski definition) is 10. The van der Waals surface area contributed by atoms with Crippen LogP contribution in [0.1, 0.15) is 19.5 Å². The van der Waals surface area contributed by atoms with Crippen LogP contribution in [0, 0.1) is 6.92 Å². The van der Waals surface area contributed by atoms with E-state index in [2.05, 4.69) is 30.2 Å². The number of likely N-dealkylation sites (N-methyl/N-ethyl adjacent to an activating group) is 1. The van der Waals surface area contributed by atoms with Gasteiger partial charge in [0.1, 0.15) is 11.6 Å². The van der Waals surface area contributed by atoms with Gasteiger partial charge in [0.05, 0.1) is 34.5 Å². The topological polar surface area (TPSA) is 158 Å². The van der Waals surface area contributed by atoms with E-state index in [9.17, 15) is 8.42 Å². The quantitative estimate of drug-likeness (QED) is 0.198. The Morgan fingerprint density at radius 3 is 2.69 bits per heavy atom. The molecule has 0 aliphatic carbocycles. The molecule has 4 aromatic rings. The number of nitrogens with zero attached hydrogens (tertiary/aromatic N) is 5. The molecular weight excluding hydrogens is 544 g/mol. The molecule has 0 aliphatic heterocycles. The molecule has 4 N–H and O–H groups in total. The molecule has 0 fully saturated rings. The number of aliphatic hydroxyl groups is 1. The highest BCUT2D eigenvalue weighted by Crippen LogP contribution is 2.31. The van der Waals surface area contributed by atoms with Crippen LogP contribution in [0.25, 0.3) is 22.4 Å². The molecule has 0 unspecified atom stereocenters. The van der Waals surface area contributed by atoms with Gasteiger partial charge >= 0.3 is 0 Å². The monoisotopic (exact) mass is 574 g/mol. The first-order valence-electron chi connectivity index (χ1n) is 12.3. The van der Waals surface area contributed by atoms with E-state index in [0.717, 1.165) is 11.1 Å². The maximum Gasteiger partial charge on any atom is 0.279 e. The number of H-pyrrole nitrogens is 1. The Bertz CT molecular complexity index is 1560. The number of aryl methyl sites for hydroxylation is 1. The number of ether oxygens (including phenoxy) is 1. The number of pyridine rings is 1. The molecule has 0 atom stereocenters. The van der Waals surface area contributed by atoms with Crippen LogP contribution in [0.3, 0.4) is 0 Å². The van der Waals surface area contributed by atoms with Crippen LogP contribution >= 0.6 is 11.6 Å². The van der Waals surface area contributed by atoms with Crippen molar-refractivity contribution >= 4 is 44.2 Å². The normalized spacial score (nSPS) is 11.9. The summed E-state index contributed by atoms with van der Waals surface area (Å²) in [6, 6.07) is 7.77. The number of benzene rings is 1. The zero-order valence-electron chi connectivity index (χ0n) is 22.1. The lowest BCUT2D eigenvalue weighted by Crippen LogP contribution is -2.28. The van der Waals surface area contributed by atoms with Crippen LogP contribution in [-0.4, -0.2) is 83.0 Å². The molecule has 3 heterocycles. The average Bonchev–Trinajstić information content (AvgIpc) is 3.26. The number of nitrogens with one attached hydrogen (secondary N) is 3. The third-order valence-electron chi connectivity index (χ3n) is 5.69. The number of hydrogen-bond donors (Lipinski definition) is 4. The molecule has 3 aromatic heterocycles. The molecule has 12 nitrogen and oxygen atoms in total. The summed E-state index contributed by atoms with van der Waals surface area (Å²) in [4.78, 5) is 15.3. The van der Waals surface area contributed by atoms with Crippen LogP contribution in [0.2, 0.25) is 5.02 Å². The van der Waals surface area contributed by atoms with Crippen molar-refractivity contribution in [3.8, 4) is 17.1 Å². The molecule has 1 aromatic carbocycles. The third-order valence-corrected chi connectivity index (χ3v) is 7.27. The Hall–Kier alpha value is -3.52. The van der Waals surface area contributed by atoms with Gasteiger partial charge in [0, 0.05) is 37.5 Å². The second-order valence-electron chi connectivity index (χ2n) is 9.18. The average molecular weight is 575 g/mol. The van der Waals surface area contributed by atoms with E-state index in [-0.39, 0.29) is 28.4 Å². The molecule has 0 bridgehead atoms. The summed E-state index contributed by atoms with van der Waals surface area (Å²) in [5.74, 6) is 1.39. The van der Waals surface area contributed by atoms with Gasteiger partial charge in [0.2, 0.25) is 0 Å². The minimum Gasteiger partial charge on any atom is -0.491 e. The van der Waals surface area contributed by atoms with Gasteiger partial charge in [0.15, 0.2) is 16.5 Å². The van der Waals surface area contributed by atoms with E-state index in [1.807, 2.05) is 32.7 Å². The number of rotatable bonds is 12. The van der Waals surface area contributed by atoms with Gasteiger partial charge < -0.3 is 20.1 Å². The van der Waals surface area contributed by atoms with Crippen molar-refractivity contribution in [2.45, 2.75) is 31.9 Å². The van der Waals surface area contributed by atoms with Gasteiger partial charge in [-0.05, 0) is 52.1 Å². The van der Waals surface area contributed by atoms with E-state index in [4.69, 9.17) is 26.4 Å². The SMILES string of the molecule is Cc1n[nH]c2nc(-c3ccc(NS(=O)(=O)c4cc(OC(C)C)ccn4)c(Cl)c3)nc(NCCN(C)CCO)c12. The smallest absolute Gasteiger partial charge is 0.279 e. The molecule has 4 rings (SSSR count). The van der Waals surface area contributed by atoms with Crippen molar-refractivity contribution < 1.29 is 18.3 Å². The largest absolute Gasteiger partial charge is 0.491 e. The van der Waals surface area contributed by atoms with E-state index in [1.165, 1.54) is 12.3 Å². The van der Waals surface area contributed by atoms with Gasteiger partial charge in [0.25, 0.3) is 10.0 Å². The molecule has 0 aliphatic rings. The Balaban J connectivity index is 1.58. The fourth-order valence-electron chi connectivity index (χ4n) is 3.80. The van der Waals surface area contributed by atoms with Crippen LogP contribution < -0.4 is 14.8 Å². The number of anilines is 2. The first-order valence-corrected chi connectivity index (χ1v) is 14.1. The predicted octanol–water partition coefficient (Wildman–Crippen LogP) is 3.30. The van der Waals surface area contributed by atoms with E-state index in [1.54, 1.807) is 24.3 Å². The minimum atomic E-state index is -4.03. The lowest BCUT2D eigenvalue weighted by molar-refractivity contribution is 0.225. The summed E-state index contributed by atoms with van der Waals surface area (Å²) < 4.78 is 34.0. The highest BCUT2D eigenvalue weighted by molar-refractivity contribution is 7.92. The number of sulfonamides is 1. The zero-order valence-corrected chi connectivity index (χ0v) is 23.6. The summed E-state index contributed by atoms with van der Waals surface area (Å²) in [7, 11) is -2.10. The van der Waals surface area contributed by atoms with Crippen molar-refractivity contribution in [2.75, 3.05) is 43.3 Å².